The normalized spacial score (nSPS) is 14.3. The van der Waals surface area contributed by atoms with E-state index in [4.69, 9.17) is 21.4 Å². The summed E-state index contributed by atoms with van der Waals surface area (Å²) in [6.45, 7) is 7.02. The molecule has 0 aliphatic carbocycles. The predicted molar refractivity (Wildman–Crippen MR) is 156 cm³/mol. The molecule has 0 amide bonds. The first kappa shape index (κ1) is 25.6. The van der Waals surface area contributed by atoms with Crippen LogP contribution in [0.5, 0.6) is 0 Å². The molecule has 0 unspecified atom stereocenters. The molecule has 0 radical (unpaired) electrons. The van der Waals surface area contributed by atoms with Crippen molar-refractivity contribution in [3.63, 3.8) is 0 Å². The lowest BCUT2D eigenvalue weighted by atomic mass is 10.1. The smallest absolute Gasteiger partial charge is 0.165 e. The van der Waals surface area contributed by atoms with Gasteiger partial charge in [0.25, 0.3) is 0 Å². The van der Waals surface area contributed by atoms with Crippen LogP contribution < -0.4 is 11.5 Å². The standard InChI is InChI=1S/C29H29N7.C2H6/c30-22-14-17-35(18-15-22)19-20-8-10-23(11-9-20)36-28(24-7-4-16-32-27(24)31)34-26-13-12-25(33-29(26)36)21-5-2-1-3-6-21;1-2/h1-13,16,22H,14-15,17-19,30H2,(H2,31,32);1-2H3. The van der Waals surface area contributed by atoms with Crippen molar-refractivity contribution in [2.75, 3.05) is 18.8 Å². The number of aromatic nitrogens is 4. The maximum absolute atomic E-state index is 6.28. The Hall–Kier alpha value is -4.07. The van der Waals surface area contributed by atoms with Gasteiger partial charge in [0.15, 0.2) is 11.5 Å². The lowest BCUT2D eigenvalue weighted by Crippen LogP contribution is -2.39. The molecule has 194 valence electrons. The molecule has 1 saturated heterocycles. The van der Waals surface area contributed by atoms with Crippen molar-refractivity contribution in [2.24, 2.45) is 5.73 Å². The summed E-state index contributed by atoms with van der Waals surface area (Å²) in [6.07, 6.45) is 3.81. The highest BCUT2D eigenvalue weighted by atomic mass is 15.1. The largest absolute Gasteiger partial charge is 0.383 e. The predicted octanol–water partition coefficient (Wildman–Crippen LogP) is 5.68. The molecule has 4 N–H and O–H groups in total. The van der Waals surface area contributed by atoms with Crippen LogP contribution in [0.25, 0.3) is 39.5 Å². The number of anilines is 1. The van der Waals surface area contributed by atoms with Gasteiger partial charge < -0.3 is 11.5 Å². The molecule has 7 nitrogen and oxygen atoms in total. The number of hydrogen-bond acceptors (Lipinski definition) is 6. The van der Waals surface area contributed by atoms with E-state index in [1.165, 1.54) is 5.56 Å². The van der Waals surface area contributed by atoms with Crippen LogP contribution in [0.3, 0.4) is 0 Å². The molecule has 0 spiro atoms. The quantitative estimate of drug-likeness (QED) is 0.319. The van der Waals surface area contributed by atoms with Crippen molar-refractivity contribution < 1.29 is 0 Å². The van der Waals surface area contributed by atoms with Crippen LogP contribution in [0.15, 0.2) is 85.1 Å². The lowest BCUT2D eigenvalue weighted by molar-refractivity contribution is 0.205. The van der Waals surface area contributed by atoms with E-state index in [1.807, 2.05) is 56.3 Å². The number of rotatable bonds is 5. The van der Waals surface area contributed by atoms with Gasteiger partial charge in [0.05, 0.1) is 11.3 Å². The number of nitrogens with two attached hydrogens (primary N) is 2. The Morgan fingerprint density at radius 1 is 0.842 bits per heavy atom. The van der Waals surface area contributed by atoms with E-state index in [-0.39, 0.29) is 0 Å². The number of piperidine rings is 1. The SMILES string of the molecule is CC.Nc1ncccc1-c1nc2ccc(-c3ccccc3)nc2n1-c1ccc(CN2CCC(N)CC2)cc1. The molecule has 3 aromatic heterocycles. The van der Waals surface area contributed by atoms with Gasteiger partial charge in [-0.05, 0) is 67.9 Å². The van der Waals surface area contributed by atoms with Crippen molar-refractivity contribution in [1.82, 2.24) is 24.4 Å². The number of nitrogens with zero attached hydrogens (tertiary/aromatic N) is 5. The first-order valence-corrected chi connectivity index (χ1v) is 13.4. The third kappa shape index (κ3) is 5.30. The van der Waals surface area contributed by atoms with E-state index in [2.05, 4.69) is 50.8 Å². The first-order chi connectivity index (χ1) is 18.7. The van der Waals surface area contributed by atoms with E-state index in [0.29, 0.717) is 11.9 Å². The zero-order valence-corrected chi connectivity index (χ0v) is 22.1. The number of nitrogen functional groups attached to an aromatic ring is 1. The molecule has 38 heavy (non-hydrogen) atoms. The highest BCUT2D eigenvalue weighted by molar-refractivity contribution is 5.84. The van der Waals surface area contributed by atoms with Gasteiger partial charge in [-0.3, -0.25) is 9.47 Å². The van der Waals surface area contributed by atoms with Crippen LogP contribution in [0.1, 0.15) is 32.3 Å². The van der Waals surface area contributed by atoms with Crippen molar-refractivity contribution >= 4 is 17.0 Å². The van der Waals surface area contributed by atoms with Gasteiger partial charge >= 0.3 is 0 Å². The summed E-state index contributed by atoms with van der Waals surface area (Å²) in [5.41, 5.74) is 19.0. The maximum atomic E-state index is 6.28. The van der Waals surface area contributed by atoms with Crippen LogP contribution in [0, 0.1) is 0 Å². The van der Waals surface area contributed by atoms with Gasteiger partial charge in [-0.25, -0.2) is 15.0 Å². The zero-order valence-electron chi connectivity index (χ0n) is 22.1. The van der Waals surface area contributed by atoms with Crippen LogP contribution >= 0.6 is 0 Å². The molecule has 1 aliphatic rings. The minimum absolute atomic E-state index is 0.338. The summed E-state index contributed by atoms with van der Waals surface area (Å²) in [4.78, 5) is 16.8. The van der Waals surface area contributed by atoms with E-state index in [0.717, 1.165) is 72.0 Å². The maximum Gasteiger partial charge on any atom is 0.165 e. The second-order valence-corrected chi connectivity index (χ2v) is 9.39. The molecule has 1 fully saturated rings. The molecule has 0 bridgehead atoms. The number of likely N-dealkylation sites (tertiary alicyclic amines) is 1. The summed E-state index contributed by atoms with van der Waals surface area (Å²) >= 11 is 0. The zero-order chi connectivity index (χ0) is 26.5. The number of fused-ring (bicyclic) bond motifs is 1. The van der Waals surface area contributed by atoms with E-state index < -0.39 is 0 Å². The van der Waals surface area contributed by atoms with Crippen LogP contribution in [-0.2, 0) is 6.54 Å². The average Bonchev–Trinajstić information content (AvgIpc) is 3.35. The molecular formula is C31H35N7. The molecule has 5 aromatic rings. The second kappa shape index (κ2) is 11.5. The molecule has 7 heteroatoms. The minimum Gasteiger partial charge on any atom is -0.383 e. The van der Waals surface area contributed by atoms with Crippen molar-refractivity contribution in [3.8, 4) is 28.3 Å². The number of pyridine rings is 2. The van der Waals surface area contributed by atoms with Gasteiger partial charge in [0, 0.05) is 30.0 Å². The number of benzene rings is 2. The monoisotopic (exact) mass is 505 g/mol. The average molecular weight is 506 g/mol. The lowest BCUT2D eigenvalue weighted by Gasteiger charge is -2.30. The van der Waals surface area contributed by atoms with Crippen LogP contribution in [0.4, 0.5) is 5.82 Å². The number of imidazole rings is 1. The molecule has 0 atom stereocenters. The van der Waals surface area contributed by atoms with Gasteiger partial charge in [0.1, 0.15) is 11.3 Å². The van der Waals surface area contributed by atoms with Crippen LogP contribution in [-0.4, -0.2) is 43.6 Å². The fraction of sp³-hybridized carbons (Fsp3) is 0.258. The summed E-state index contributed by atoms with van der Waals surface area (Å²) in [5, 5.41) is 0. The Kier molecular flexibility index (Phi) is 7.77. The van der Waals surface area contributed by atoms with Gasteiger partial charge in [-0.15, -0.1) is 0 Å². The Morgan fingerprint density at radius 3 is 2.29 bits per heavy atom. The van der Waals surface area contributed by atoms with E-state index >= 15 is 0 Å². The van der Waals surface area contributed by atoms with Gasteiger partial charge in [-0.2, -0.15) is 0 Å². The van der Waals surface area contributed by atoms with Crippen LogP contribution in [0.2, 0.25) is 0 Å². The second-order valence-electron chi connectivity index (χ2n) is 9.39. The highest BCUT2D eigenvalue weighted by Crippen LogP contribution is 2.31. The Balaban J connectivity index is 0.00000144. The summed E-state index contributed by atoms with van der Waals surface area (Å²) in [5.74, 6) is 1.17. The van der Waals surface area contributed by atoms with E-state index in [1.54, 1.807) is 6.20 Å². The van der Waals surface area contributed by atoms with Gasteiger partial charge in [0.2, 0.25) is 0 Å². The fourth-order valence-electron chi connectivity index (χ4n) is 4.88. The Labute approximate surface area is 224 Å². The molecule has 6 rings (SSSR count). The van der Waals surface area contributed by atoms with Crippen molar-refractivity contribution in [1.29, 1.82) is 0 Å². The molecular weight excluding hydrogens is 470 g/mol. The fourth-order valence-corrected chi connectivity index (χ4v) is 4.88. The van der Waals surface area contributed by atoms with E-state index in [9.17, 15) is 0 Å². The molecule has 2 aromatic carbocycles. The first-order valence-electron chi connectivity index (χ1n) is 13.4. The Bertz CT molecular complexity index is 1480. The third-order valence-corrected chi connectivity index (χ3v) is 6.89. The van der Waals surface area contributed by atoms with Crippen molar-refractivity contribution in [3.05, 3.63) is 90.6 Å². The highest BCUT2D eigenvalue weighted by Gasteiger charge is 2.19. The summed E-state index contributed by atoms with van der Waals surface area (Å²) in [6, 6.07) is 27.0. The van der Waals surface area contributed by atoms with Crippen molar-refractivity contribution in [2.45, 2.75) is 39.3 Å². The Morgan fingerprint density at radius 2 is 1.58 bits per heavy atom. The number of hydrogen-bond donors (Lipinski definition) is 2. The minimum atomic E-state index is 0.338. The molecule has 4 heterocycles. The van der Waals surface area contributed by atoms with Gasteiger partial charge in [-0.1, -0.05) is 56.3 Å². The molecule has 1 aliphatic heterocycles. The third-order valence-electron chi connectivity index (χ3n) is 6.89. The summed E-state index contributed by atoms with van der Waals surface area (Å²) in [7, 11) is 0. The summed E-state index contributed by atoms with van der Waals surface area (Å²) < 4.78 is 2.08. The molecule has 0 saturated carbocycles. The topological polar surface area (TPSA) is 98.9 Å².